The van der Waals surface area contributed by atoms with Crippen LogP contribution in [0.4, 0.5) is 0 Å². The third-order valence-electron chi connectivity index (χ3n) is 4.28. The van der Waals surface area contributed by atoms with Crippen LogP contribution in [0.25, 0.3) is 10.8 Å². The van der Waals surface area contributed by atoms with Crippen LogP contribution in [0.15, 0.2) is 36.4 Å². The molecule has 1 N–H and O–H groups in total. The number of likely N-dealkylation sites (tertiary alicyclic amines) is 1. The highest BCUT2D eigenvalue weighted by molar-refractivity contribution is 9.09. The van der Waals surface area contributed by atoms with Gasteiger partial charge in [-0.1, -0.05) is 53.2 Å². The van der Waals surface area contributed by atoms with Crippen LogP contribution in [-0.2, 0) is 0 Å². The Balaban J connectivity index is 1.93. The monoisotopic (exact) mass is 347 g/mol. The number of phenols is 1. The van der Waals surface area contributed by atoms with Gasteiger partial charge >= 0.3 is 0 Å². The zero-order chi connectivity index (χ0) is 15.0. The average molecular weight is 348 g/mol. The van der Waals surface area contributed by atoms with E-state index in [1.807, 2.05) is 35.2 Å². The number of aromatic hydroxyl groups is 1. The van der Waals surface area contributed by atoms with Gasteiger partial charge in [0.2, 0.25) is 0 Å². The highest BCUT2D eigenvalue weighted by atomic mass is 79.9. The predicted octanol–water partition coefficient (Wildman–Crippen LogP) is 3.79. The van der Waals surface area contributed by atoms with Crippen molar-refractivity contribution in [3.8, 4) is 5.75 Å². The van der Waals surface area contributed by atoms with Gasteiger partial charge in [-0.2, -0.15) is 0 Å². The van der Waals surface area contributed by atoms with Crippen molar-refractivity contribution >= 4 is 32.6 Å². The largest absolute Gasteiger partial charge is 0.506 e. The number of benzene rings is 2. The van der Waals surface area contributed by atoms with Crippen molar-refractivity contribution in [3.05, 3.63) is 42.0 Å². The molecule has 0 aliphatic carbocycles. The summed E-state index contributed by atoms with van der Waals surface area (Å²) >= 11 is 3.64. The summed E-state index contributed by atoms with van der Waals surface area (Å²) in [6.07, 6.45) is 0.982. The van der Waals surface area contributed by atoms with E-state index in [0.717, 1.165) is 23.7 Å². The van der Waals surface area contributed by atoms with Crippen LogP contribution in [0.2, 0.25) is 0 Å². The van der Waals surface area contributed by atoms with E-state index in [9.17, 15) is 9.90 Å². The second-order valence-electron chi connectivity index (χ2n) is 5.72. The quantitative estimate of drug-likeness (QED) is 0.797. The van der Waals surface area contributed by atoms with Crippen LogP contribution < -0.4 is 0 Å². The molecule has 0 spiro atoms. The third kappa shape index (κ3) is 2.64. The molecule has 2 atom stereocenters. The van der Waals surface area contributed by atoms with E-state index in [-0.39, 0.29) is 11.7 Å². The van der Waals surface area contributed by atoms with Crippen LogP contribution in [0.1, 0.15) is 23.7 Å². The molecule has 1 saturated heterocycles. The van der Waals surface area contributed by atoms with Crippen molar-refractivity contribution in [1.82, 2.24) is 4.90 Å². The lowest BCUT2D eigenvalue weighted by atomic mass is 9.97. The summed E-state index contributed by atoms with van der Waals surface area (Å²) in [5.74, 6) is 0.566. The number of carbonyl (C=O) groups excluding carboxylic acids is 1. The molecule has 1 aliphatic heterocycles. The van der Waals surface area contributed by atoms with E-state index >= 15 is 0 Å². The minimum atomic E-state index is -0.0883. The van der Waals surface area contributed by atoms with Gasteiger partial charge in [-0.25, -0.2) is 0 Å². The summed E-state index contributed by atoms with van der Waals surface area (Å²) in [5, 5.41) is 12.1. The first-order valence-electron chi connectivity index (χ1n) is 7.22. The first-order valence-corrected chi connectivity index (χ1v) is 8.13. The Bertz CT molecular complexity index is 686. The highest BCUT2D eigenvalue weighted by Crippen LogP contribution is 2.31. The lowest BCUT2D eigenvalue weighted by Gasteiger charge is -2.34. The van der Waals surface area contributed by atoms with Crippen molar-refractivity contribution < 1.29 is 9.90 Å². The molecule has 0 saturated carbocycles. The van der Waals surface area contributed by atoms with Crippen molar-refractivity contribution in [2.24, 2.45) is 5.92 Å². The summed E-state index contributed by atoms with van der Waals surface area (Å²) in [6, 6.07) is 11.2. The summed E-state index contributed by atoms with van der Waals surface area (Å²) in [7, 11) is 0. The fraction of sp³-hybridized carbons (Fsp3) is 0.353. The topological polar surface area (TPSA) is 40.5 Å². The molecule has 0 bridgehead atoms. The maximum Gasteiger partial charge on any atom is 0.257 e. The van der Waals surface area contributed by atoms with Crippen LogP contribution in [0.3, 0.4) is 0 Å². The number of phenolic OH excluding ortho intramolecular Hbond substituents is 1. The van der Waals surface area contributed by atoms with E-state index in [1.165, 1.54) is 0 Å². The minimum absolute atomic E-state index is 0.0860. The molecule has 1 amide bonds. The molecular formula is C17H18BrNO2. The Morgan fingerprint density at radius 3 is 2.81 bits per heavy atom. The standard InChI is InChI=1S/C17H18BrNO2/c1-11-8-9-19(10-15(11)18)17(21)14-7-6-12-4-2-3-5-13(12)16(14)20/h2-7,11,15,20H,8-10H2,1H3. The van der Waals surface area contributed by atoms with Crippen LogP contribution in [-0.4, -0.2) is 33.8 Å². The molecule has 21 heavy (non-hydrogen) atoms. The number of halogens is 1. The van der Waals surface area contributed by atoms with Gasteiger partial charge in [0.1, 0.15) is 5.75 Å². The fourth-order valence-corrected chi connectivity index (χ4v) is 3.42. The van der Waals surface area contributed by atoms with Gasteiger partial charge in [0.25, 0.3) is 5.91 Å². The first kappa shape index (κ1) is 14.4. The molecule has 1 aliphatic rings. The number of hydrogen-bond donors (Lipinski definition) is 1. The number of amides is 1. The van der Waals surface area contributed by atoms with Gasteiger partial charge in [-0.15, -0.1) is 0 Å². The summed E-state index contributed by atoms with van der Waals surface area (Å²) < 4.78 is 0. The van der Waals surface area contributed by atoms with E-state index in [4.69, 9.17) is 0 Å². The summed E-state index contributed by atoms with van der Waals surface area (Å²) in [5.41, 5.74) is 0.392. The van der Waals surface area contributed by atoms with Crippen molar-refractivity contribution in [3.63, 3.8) is 0 Å². The number of nitrogens with zero attached hydrogens (tertiary/aromatic N) is 1. The number of hydrogen-bond acceptors (Lipinski definition) is 2. The first-order chi connectivity index (χ1) is 10.1. The number of fused-ring (bicyclic) bond motifs is 1. The molecule has 2 unspecified atom stereocenters. The molecule has 0 radical (unpaired) electrons. The normalized spacial score (nSPS) is 22.5. The maximum atomic E-state index is 12.7. The molecule has 3 nitrogen and oxygen atoms in total. The Morgan fingerprint density at radius 2 is 2.05 bits per heavy atom. The lowest BCUT2D eigenvalue weighted by molar-refractivity contribution is 0.0703. The fourth-order valence-electron chi connectivity index (χ4n) is 2.80. The zero-order valence-corrected chi connectivity index (χ0v) is 13.5. The number of rotatable bonds is 1. The van der Waals surface area contributed by atoms with E-state index in [2.05, 4.69) is 22.9 Å². The van der Waals surface area contributed by atoms with E-state index in [1.54, 1.807) is 6.07 Å². The molecular weight excluding hydrogens is 330 g/mol. The number of carbonyl (C=O) groups is 1. The smallest absolute Gasteiger partial charge is 0.257 e. The van der Waals surface area contributed by atoms with Crippen molar-refractivity contribution in [2.45, 2.75) is 18.2 Å². The zero-order valence-electron chi connectivity index (χ0n) is 11.9. The van der Waals surface area contributed by atoms with Gasteiger partial charge in [0, 0.05) is 23.3 Å². The second kappa shape index (κ2) is 5.68. The average Bonchev–Trinajstić information content (AvgIpc) is 2.50. The van der Waals surface area contributed by atoms with Crippen LogP contribution >= 0.6 is 15.9 Å². The Kier molecular flexibility index (Phi) is 3.89. The Labute approximate surface area is 132 Å². The summed E-state index contributed by atoms with van der Waals surface area (Å²) in [4.78, 5) is 14.8. The number of alkyl halides is 1. The maximum absolute atomic E-state index is 12.7. The van der Waals surface area contributed by atoms with Crippen LogP contribution in [0.5, 0.6) is 5.75 Å². The van der Waals surface area contributed by atoms with Gasteiger partial charge in [-0.05, 0) is 23.8 Å². The van der Waals surface area contributed by atoms with E-state index < -0.39 is 0 Å². The number of piperidine rings is 1. The second-order valence-corrected chi connectivity index (χ2v) is 6.89. The Hall–Kier alpha value is -1.55. The van der Waals surface area contributed by atoms with Crippen molar-refractivity contribution in [2.75, 3.05) is 13.1 Å². The molecule has 1 heterocycles. The minimum Gasteiger partial charge on any atom is -0.506 e. The molecule has 4 heteroatoms. The molecule has 0 aromatic heterocycles. The van der Waals surface area contributed by atoms with Gasteiger partial charge in [-0.3, -0.25) is 4.79 Å². The summed E-state index contributed by atoms with van der Waals surface area (Å²) in [6.45, 7) is 3.62. The third-order valence-corrected chi connectivity index (χ3v) is 5.48. The van der Waals surface area contributed by atoms with Gasteiger partial charge < -0.3 is 10.0 Å². The van der Waals surface area contributed by atoms with Crippen molar-refractivity contribution in [1.29, 1.82) is 0 Å². The molecule has 3 rings (SSSR count). The predicted molar refractivity (Wildman–Crippen MR) is 88.0 cm³/mol. The molecule has 110 valence electrons. The van der Waals surface area contributed by atoms with E-state index in [0.29, 0.717) is 22.9 Å². The highest BCUT2D eigenvalue weighted by Gasteiger charge is 2.28. The van der Waals surface area contributed by atoms with Crippen LogP contribution in [0, 0.1) is 5.92 Å². The van der Waals surface area contributed by atoms with Gasteiger partial charge in [0.15, 0.2) is 0 Å². The lowest BCUT2D eigenvalue weighted by Crippen LogP contribution is -2.43. The molecule has 2 aromatic rings. The SMILES string of the molecule is CC1CCN(C(=O)c2ccc3ccccc3c2O)CC1Br. The molecule has 2 aromatic carbocycles. The van der Waals surface area contributed by atoms with Gasteiger partial charge in [0.05, 0.1) is 5.56 Å². The Morgan fingerprint density at radius 1 is 1.29 bits per heavy atom. The molecule has 1 fully saturated rings.